The lowest BCUT2D eigenvalue weighted by molar-refractivity contribution is 0.269. The normalized spacial score (nSPS) is 25.8. The molecule has 0 heterocycles. The standard InChI is InChI=1S/C18H19ClFN/c19-15-6-7-16(17(20)12-15)18(21)10-8-14(9-11-18)13-4-2-1-3-5-13/h1-7,12,14H,8-11,21H2. The third-order valence-electron chi connectivity index (χ3n) is 4.62. The summed E-state index contributed by atoms with van der Waals surface area (Å²) < 4.78 is 14.1. The molecule has 0 amide bonds. The first-order valence-electron chi connectivity index (χ1n) is 7.38. The van der Waals surface area contributed by atoms with E-state index in [4.69, 9.17) is 17.3 Å². The third kappa shape index (κ3) is 2.97. The van der Waals surface area contributed by atoms with Crippen LogP contribution in [0.4, 0.5) is 4.39 Å². The van der Waals surface area contributed by atoms with E-state index >= 15 is 0 Å². The molecule has 1 nitrogen and oxygen atoms in total. The Bertz CT molecular complexity index is 618. The van der Waals surface area contributed by atoms with E-state index in [9.17, 15) is 4.39 Å². The second kappa shape index (κ2) is 5.78. The third-order valence-corrected chi connectivity index (χ3v) is 4.85. The first-order valence-corrected chi connectivity index (χ1v) is 7.76. The molecule has 3 heteroatoms. The number of benzene rings is 2. The summed E-state index contributed by atoms with van der Waals surface area (Å²) in [5.41, 5.74) is 7.87. The highest BCUT2D eigenvalue weighted by molar-refractivity contribution is 6.30. The van der Waals surface area contributed by atoms with Gasteiger partial charge in [0, 0.05) is 16.1 Å². The second-order valence-electron chi connectivity index (χ2n) is 5.97. The molecule has 0 saturated heterocycles. The molecule has 1 aliphatic carbocycles. The Kier molecular flexibility index (Phi) is 4.01. The summed E-state index contributed by atoms with van der Waals surface area (Å²) in [6, 6.07) is 15.3. The van der Waals surface area contributed by atoms with Gasteiger partial charge in [-0.3, -0.25) is 0 Å². The average Bonchev–Trinajstić information content (AvgIpc) is 2.48. The SMILES string of the molecule is NC1(c2ccc(Cl)cc2F)CCC(c2ccccc2)CC1. The van der Waals surface area contributed by atoms with Crippen LogP contribution < -0.4 is 5.73 Å². The van der Waals surface area contributed by atoms with E-state index in [-0.39, 0.29) is 5.82 Å². The number of hydrogen-bond donors (Lipinski definition) is 1. The number of hydrogen-bond acceptors (Lipinski definition) is 1. The van der Waals surface area contributed by atoms with E-state index in [1.54, 1.807) is 12.1 Å². The molecule has 2 aromatic carbocycles. The van der Waals surface area contributed by atoms with Crippen LogP contribution in [-0.2, 0) is 5.54 Å². The van der Waals surface area contributed by atoms with E-state index in [1.165, 1.54) is 11.6 Å². The molecule has 0 aromatic heterocycles. The Labute approximate surface area is 129 Å². The van der Waals surface area contributed by atoms with E-state index < -0.39 is 5.54 Å². The Morgan fingerprint density at radius 2 is 1.71 bits per heavy atom. The first kappa shape index (κ1) is 14.6. The van der Waals surface area contributed by atoms with Crippen molar-refractivity contribution in [2.24, 2.45) is 5.73 Å². The Morgan fingerprint density at radius 1 is 1.05 bits per heavy atom. The van der Waals surface area contributed by atoms with Crippen molar-refractivity contribution in [2.45, 2.75) is 37.1 Å². The van der Waals surface area contributed by atoms with Gasteiger partial charge in [-0.25, -0.2) is 4.39 Å². The molecule has 110 valence electrons. The summed E-state index contributed by atoms with van der Waals surface area (Å²) in [7, 11) is 0. The fraction of sp³-hybridized carbons (Fsp3) is 0.333. The molecule has 1 saturated carbocycles. The number of rotatable bonds is 2. The highest BCUT2D eigenvalue weighted by atomic mass is 35.5. The number of nitrogens with two attached hydrogens (primary N) is 1. The summed E-state index contributed by atoms with van der Waals surface area (Å²) >= 11 is 5.82. The minimum Gasteiger partial charge on any atom is -0.321 e. The van der Waals surface area contributed by atoms with Gasteiger partial charge in [0.1, 0.15) is 5.82 Å². The summed E-state index contributed by atoms with van der Waals surface area (Å²) in [6.07, 6.45) is 3.57. The zero-order chi connectivity index (χ0) is 14.9. The zero-order valence-corrected chi connectivity index (χ0v) is 12.6. The van der Waals surface area contributed by atoms with Gasteiger partial charge in [0.05, 0.1) is 0 Å². The average molecular weight is 304 g/mol. The zero-order valence-electron chi connectivity index (χ0n) is 11.9. The van der Waals surface area contributed by atoms with Gasteiger partial charge in [-0.15, -0.1) is 0 Å². The topological polar surface area (TPSA) is 26.0 Å². The first-order chi connectivity index (χ1) is 10.1. The Hall–Kier alpha value is -1.38. The summed E-state index contributed by atoms with van der Waals surface area (Å²) in [5.74, 6) is 0.237. The molecule has 0 aliphatic heterocycles. The van der Waals surface area contributed by atoms with Crippen LogP contribution in [0.15, 0.2) is 48.5 Å². The van der Waals surface area contributed by atoms with Crippen LogP contribution in [-0.4, -0.2) is 0 Å². The molecular weight excluding hydrogens is 285 g/mol. The highest BCUT2D eigenvalue weighted by Crippen LogP contribution is 2.42. The summed E-state index contributed by atoms with van der Waals surface area (Å²) in [4.78, 5) is 0. The van der Waals surface area contributed by atoms with Gasteiger partial charge in [-0.2, -0.15) is 0 Å². The van der Waals surface area contributed by atoms with Crippen LogP contribution in [0.3, 0.4) is 0 Å². The quantitative estimate of drug-likeness (QED) is 0.831. The lowest BCUT2D eigenvalue weighted by Crippen LogP contribution is -2.40. The van der Waals surface area contributed by atoms with Crippen LogP contribution in [0.5, 0.6) is 0 Å². The summed E-state index contributed by atoms with van der Waals surface area (Å²) in [6.45, 7) is 0. The molecule has 21 heavy (non-hydrogen) atoms. The van der Waals surface area contributed by atoms with E-state index in [2.05, 4.69) is 24.3 Å². The minimum atomic E-state index is -0.569. The van der Waals surface area contributed by atoms with Gasteiger partial charge in [0.2, 0.25) is 0 Å². The van der Waals surface area contributed by atoms with Crippen molar-refractivity contribution in [1.29, 1.82) is 0 Å². The minimum absolute atomic E-state index is 0.289. The molecule has 1 fully saturated rings. The van der Waals surface area contributed by atoms with Crippen LogP contribution in [0.1, 0.15) is 42.7 Å². The fourth-order valence-corrected chi connectivity index (χ4v) is 3.51. The van der Waals surface area contributed by atoms with Gasteiger partial charge in [0.25, 0.3) is 0 Å². The molecule has 2 aromatic rings. The molecule has 2 N–H and O–H groups in total. The molecule has 3 rings (SSSR count). The van der Waals surface area contributed by atoms with Crippen LogP contribution in [0, 0.1) is 5.82 Å². The molecule has 0 spiro atoms. The van der Waals surface area contributed by atoms with Gasteiger partial charge in [-0.1, -0.05) is 48.0 Å². The van der Waals surface area contributed by atoms with E-state index in [0.29, 0.717) is 16.5 Å². The highest BCUT2D eigenvalue weighted by Gasteiger charge is 2.35. The Morgan fingerprint density at radius 3 is 2.33 bits per heavy atom. The summed E-state index contributed by atoms with van der Waals surface area (Å²) in [5, 5.41) is 0.415. The molecule has 0 bridgehead atoms. The van der Waals surface area contributed by atoms with Crippen molar-refractivity contribution < 1.29 is 4.39 Å². The lowest BCUT2D eigenvalue weighted by atomic mass is 9.71. The molecule has 0 unspecified atom stereocenters. The van der Waals surface area contributed by atoms with Crippen LogP contribution >= 0.6 is 11.6 Å². The van der Waals surface area contributed by atoms with Crippen molar-refractivity contribution in [3.63, 3.8) is 0 Å². The van der Waals surface area contributed by atoms with Crippen molar-refractivity contribution in [3.8, 4) is 0 Å². The maximum absolute atomic E-state index is 14.1. The van der Waals surface area contributed by atoms with Gasteiger partial charge in [0.15, 0.2) is 0 Å². The molecular formula is C18H19ClFN. The van der Waals surface area contributed by atoms with Gasteiger partial charge >= 0.3 is 0 Å². The van der Waals surface area contributed by atoms with Gasteiger partial charge in [-0.05, 0) is 49.3 Å². The maximum atomic E-state index is 14.1. The van der Waals surface area contributed by atoms with Gasteiger partial charge < -0.3 is 5.73 Å². The monoisotopic (exact) mass is 303 g/mol. The predicted octanol–water partition coefficient (Wildman–Crippen LogP) is 4.99. The second-order valence-corrected chi connectivity index (χ2v) is 6.40. The molecule has 1 aliphatic rings. The number of halogens is 2. The van der Waals surface area contributed by atoms with E-state index in [1.807, 2.05) is 6.07 Å². The van der Waals surface area contributed by atoms with Crippen LogP contribution in [0.25, 0.3) is 0 Å². The largest absolute Gasteiger partial charge is 0.321 e. The van der Waals surface area contributed by atoms with Crippen molar-refractivity contribution in [1.82, 2.24) is 0 Å². The van der Waals surface area contributed by atoms with Crippen molar-refractivity contribution >= 4 is 11.6 Å². The van der Waals surface area contributed by atoms with Crippen LogP contribution in [0.2, 0.25) is 5.02 Å². The fourth-order valence-electron chi connectivity index (χ4n) is 3.35. The Balaban J connectivity index is 1.78. The molecule has 0 atom stereocenters. The lowest BCUT2D eigenvalue weighted by Gasteiger charge is -2.38. The maximum Gasteiger partial charge on any atom is 0.129 e. The smallest absolute Gasteiger partial charge is 0.129 e. The van der Waals surface area contributed by atoms with Crippen molar-refractivity contribution in [2.75, 3.05) is 0 Å². The predicted molar refractivity (Wildman–Crippen MR) is 84.9 cm³/mol. The molecule has 0 radical (unpaired) electrons. The van der Waals surface area contributed by atoms with E-state index in [0.717, 1.165) is 25.7 Å². The van der Waals surface area contributed by atoms with Crippen molar-refractivity contribution in [3.05, 3.63) is 70.5 Å².